The van der Waals surface area contributed by atoms with Crippen LogP contribution in [0.4, 0.5) is 10.5 Å². The highest BCUT2D eigenvalue weighted by Gasteiger charge is 2.10. The lowest BCUT2D eigenvalue weighted by Gasteiger charge is -2.09. The number of carbonyl (C=O) groups excluding carboxylic acids is 1. The zero-order chi connectivity index (χ0) is 14.3. The highest BCUT2D eigenvalue weighted by molar-refractivity contribution is 6.33. The number of aliphatic carboxylic acids is 1. The molecule has 6 heteroatoms. The van der Waals surface area contributed by atoms with E-state index in [1.807, 2.05) is 0 Å². The summed E-state index contributed by atoms with van der Waals surface area (Å²) >= 11 is 5.90. The fraction of sp³-hybridized carbons (Fsp3) is 0.385. The molecular weight excluding hydrogens is 268 g/mol. The van der Waals surface area contributed by atoms with E-state index in [9.17, 15) is 9.59 Å². The fourth-order valence-corrected chi connectivity index (χ4v) is 1.65. The summed E-state index contributed by atoms with van der Waals surface area (Å²) in [6.07, 6.45) is 1.14. The number of hydrogen-bond donors (Lipinski definition) is 3. The first-order valence-corrected chi connectivity index (χ1v) is 6.40. The Bertz CT molecular complexity index is 451. The van der Waals surface area contributed by atoms with Gasteiger partial charge in [-0.3, -0.25) is 4.79 Å². The number of benzene rings is 1. The first-order chi connectivity index (χ1) is 9.00. The van der Waals surface area contributed by atoms with Crippen molar-refractivity contribution in [1.82, 2.24) is 5.32 Å². The molecule has 1 atom stereocenters. The van der Waals surface area contributed by atoms with Crippen LogP contribution in [0.2, 0.25) is 5.02 Å². The van der Waals surface area contributed by atoms with Crippen LogP contribution in [-0.2, 0) is 4.79 Å². The lowest BCUT2D eigenvalue weighted by Crippen LogP contribution is -2.30. The molecule has 0 aliphatic heterocycles. The third kappa shape index (κ3) is 5.61. The van der Waals surface area contributed by atoms with E-state index in [1.165, 1.54) is 0 Å². The van der Waals surface area contributed by atoms with Crippen molar-refractivity contribution in [2.75, 3.05) is 11.9 Å². The Kier molecular flexibility index (Phi) is 6.15. The maximum atomic E-state index is 11.5. The molecule has 5 nitrogen and oxygen atoms in total. The van der Waals surface area contributed by atoms with Crippen molar-refractivity contribution in [3.8, 4) is 0 Å². The van der Waals surface area contributed by atoms with Crippen LogP contribution in [0, 0.1) is 5.92 Å². The van der Waals surface area contributed by atoms with Gasteiger partial charge < -0.3 is 15.7 Å². The third-order valence-corrected chi connectivity index (χ3v) is 2.97. The number of urea groups is 1. The van der Waals surface area contributed by atoms with Gasteiger partial charge in [0, 0.05) is 6.54 Å². The largest absolute Gasteiger partial charge is 0.481 e. The molecule has 0 saturated carbocycles. The number of carboxylic acid groups (broad SMARTS) is 1. The SMILES string of the molecule is CC(CCCNC(=O)Nc1ccccc1Cl)C(=O)O. The van der Waals surface area contributed by atoms with Crippen LogP contribution >= 0.6 is 11.6 Å². The molecule has 3 N–H and O–H groups in total. The topological polar surface area (TPSA) is 78.4 Å². The van der Waals surface area contributed by atoms with Gasteiger partial charge in [-0.15, -0.1) is 0 Å². The zero-order valence-corrected chi connectivity index (χ0v) is 11.4. The number of anilines is 1. The van der Waals surface area contributed by atoms with E-state index in [4.69, 9.17) is 16.7 Å². The van der Waals surface area contributed by atoms with Gasteiger partial charge in [-0.25, -0.2) is 4.79 Å². The van der Waals surface area contributed by atoms with Gasteiger partial charge in [0.15, 0.2) is 0 Å². The molecule has 1 aromatic carbocycles. The first-order valence-electron chi connectivity index (χ1n) is 6.03. The maximum absolute atomic E-state index is 11.5. The predicted octanol–water partition coefficient (Wildman–Crippen LogP) is 2.96. The number of amides is 2. The Balaban J connectivity index is 2.26. The van der Waals surface area contributed by atoms with E-state index in [0.29, 0.717) is 30.1 Å². The number of halogens is 1. The Hall–Kier alpha value is -1.75. The highest BCUT2D eigenvalue weighted by atomic mass is 35.5. The minimum absolute atomic E-state index is 0.351. The third-order valence-electron chi connectivity index (χ3n) is 2.64. The van der Waals surface area contributed by atoms with Crippen LogP contribution in [0.3, 0.4) is 0 Å². The van der Waals surface area contributed by atoms with Crippen molar-refractivity contribution >= 4 is 29.3 Å². The van der Waals surface area contributed by atoms with Gasteiger partial charge in [-0.1, -0.05) is 30.7 Å². The molecule has 0 radical (unpaired) electrons. The van der Waals surface area contributed by atoms with Crippen LogP contribution < -0.4 is 10.6 Å². The van der Waals surface area contributed by atoms with E-state index >= 15 is 0 Å². The van der Waals surface area contributed by atoms with E-state index in [2.05, 4.69) is 10.6 Å². The summed E-state index contributed by atoms with van der Waals surface area (Å²) in [6.45, 7) is 2.07. The molecule has 0 bridgehead atoms. The number of rotatable bonds is 6. The molecule has 2 amide bonds. The monoisotopic (exact) mass is 284 g/mol. The Morgan fingerprint density at radius 2 is 2.05 bits per heavy atom. The minimum atomic E-state index is -0.819. The quantitative estimate of drug-likeness (QED) is 0.703. The molecule has 104 valence electrons. The molecule has 1 unspecified atom stereocenters. The van der Waals surface area contributed by atoms with Crippen LogP contribution in [-0.4, -0.2) is 23.7 Å². The number of carboxylic acids is 1. The lowest BCUT2D eigenvalue weighted by atomic mass is 10.1. The van der Waals surface area contributed by atoms with Crippen molar-refractivity contribution < 1.29 is 14.7 Å². The van der Waals surface area contributed by atoms with Crippen molar-refractivity contribution in [2.24, 2.45) is 5.92 Å². The number of carbonyl (C=O) groups is 2. The summed E-state index contributed by atoms with van der Waals surface area (Å²) in [7, 11) is 0. The Labute approximate surface area is 117 Å². The van der Waals surface area contributed by atoms with Gasteiger partial charge in [0.1, 0.15) is 0 Å². The van der Waals surface area contributed by atoms with Crippen molar-refractivity contribution in [3.05, 3.63) is 29.3 Å². The summed E-state index contributed by atoms with van der Waals surface area (Å²) in [5.41, 5.74) is 0.542. The van der Waals surface area contributed by atoms with Crippen LogP contribution in [0.15, 0.2) is 24.3 Å². The van der Waals surface area contributed by atoms with E-state index in [-0.39, 0.29) is 6.03 Å². The zero-order valence-electron chi connectivity index (χ0n) is 10.6. The van der Waals surface area contributed by atoms with Crippen molar-refractivity contribution in [2.45, 2.75) is 19.8 Å². The van der Waals surface area contributed by atoms with Gasteiger partial charge in [-0.05, 0) is 25.0 Å². The molecule has 0 aromatic heterocycles. The Morgan fingerprint density at radius 1 is 1.37 bits per heavy atom. The number of hydrogen-bond acceptors (Lipinski definition) is 2. The smallest absolute Gasteiger partial charge is 0.319 e. The summed E-state index contributed by atoms with van der Waals surface area (Å²) < 4.78 is 0. The van der Waals surface area contributed by atoms with Gasteiger partial charge in [0.25, 0.3) is 0 Å². The highest BCUT2D eigenvalue weighted by Crippen LogP contribution is 2.19. The fourth-order valence-electron chi connectivity index (χ4n) is 1.46. The normalized spacial score (nSPS) is 11.7. The number of para-hydroxylation sites is 1. The molecule has 0 saturated heterocycles. The van der Waals surface area contributed by atoms with Crippen molar-refractivity contribution in [3.63, 3.8) is 0 Å². The summed E-state index contributed by atoms with van der Waals surface area (Å²) in [6, 6.07) is 6.59. The first kappa shape index (κ1) is 15.3. The molecular formula is C13H17ClN2O3. The van der Waals surface area contributed by atoms with Crippen LogP contribution in [0.25, 0.3) is 0 Å². The van der Waals surface area contributed by atoms with E-state index in [1.54, 1.807) is 31.2 Å². The van der Waals surface area contributed by atoms with Crippen LogP contribution in [0.5, 0.6) is 0 Å². The predicted molar refractivity (Wildman–Crippen MR) is 74.5 cm³/mol. The summed E-state index contributed by atoms with van der Waals surface area (Å²) in [5.74, 6) is -1.21. The molecule has 1 aromatic rings. The molecule has 0 spiro atoms. The van der Waals surface area contributed by atoms with Gasteiger partial charge in [-0.2, -0.15) is 0 Å². The molecule has 0 aliphatic rings. The van der Waals surface area contributed by atoms with Gasteiger partial charge in [0.05, 0.1) is 16.6 Å². The molecule has 19 heavy (non-hydrogen) atoms. The van der Waals surface area contributed by atoms with Crippen molar-refractivity contribution in [1.29, 1.82) is 0 Å². The lowest BCUT2D eigenvalue weighted by molar-refractivity contribution is -0.141. The second-order valence-corrected chi connectivity index (χ2v) is 4.65. The maximum Gasteiger partial charge on any atom is 0.319 e. The van der Waals surface area contributed by atoms with Crippen LogP contribution in [0.1, 0.15) is 19.8 Å². The van der Waals surface area contributed by atoms with E-state index in [0.717, 1.165) is 0 Å². The average Bonchev–Trinajstić information content (AvgIpc) is 2.37. The number of nitrogens with one attached hydrogen (secondary N) is 2. The standard InChI is InChI=1S/C13H17ClN2O3/c1-9(12(17)18)5-4-8-15-13(19)16-11-7-3-2-6-10(11)14/h2-3,6-7,9H,4-5,8H2,1H3,(H,17,18)(H2,15,16,19). The molecule has 0 heterocycles. The average molecular weight is 285 g/mol. The second-order valence-electron chi connectivity index (χ2n) is 4.24. The van der Waals surface area contributed by atoms with Gasteiger partial charge >= 0.3 is 12.0 Å². The molecule has 1 rings (SSSR count). The summed E-state index contributed by atoms with van der Waals surface area (Å²) in [5, 5.41) is 14.4. The molecule has 0 fully saturated rings. The second kappa shape index (κ2) is 7.63. The van der Waals surface area contributed by atoms with E-state index < -0.39 is 11.9 Å². The molecule has 0 aliphatic carbocycles. The minimum Gasteiger partial charge on any atom is -0.481 e. The summed E-state index contributed by atoms with van der Waals surface area (Å²) in [4.78, 5) is 22.1. The van der Waals surface area contributed by atoms with Gasteiger partial charge in [0.2, 0.25) is 0 Å². The Morgan fingerprint density at radius 3 is 2.68 bits per heavy atom.